The van der Waals surface area contributed by atoms with Gasteiger partial charge in [-0.05, 0) is 0 Å². The number of hydrogen-bond acceptors (Lipinski definition) is 3. The topological polar surface area (TPSA) is 45.9 Å². The van der Waals surface area contributed by atoms with Crippen molar-refractivity contribution < 1.29 is 26.7 Å². The van der Waals surface area contributed by atoms with Crippen molar-refractivity contribution in [3.63, 3.8) is 0 Å². The van der Waals surface area contributed by atoms with Gasteiger partial charge in [0.15, 0.2) is 0 Å². The van der Waals surface area contributed by atoms with Crippen LogP contribution in [-0.4, -0.2) is 11.3 Å². The lowest BCUT2D eigenvalue weighted by Gasteiger charge is -2.14. The van der Waals surface area contributed by atoms with Crippen molar-refractivity contribution in [3.8, 4) is 11.8 Å². The third-order valence-corrected chi connectivity index (χ3v) is 1.77. The van der Waals surface area contributed by atoms with Gasteiger partial charge in [-0.2, -0.15) is 9.65 Å². The Labute approximate surface area is 92.4 Å². The average molecular weight is 252 g/mol. The molecule has 1 aromatic rings. The molecule has 0 amide bonds. The van der Waals surface area contributed by atoms with Gasteiger partial charge in [0.1, 0.15) is 12.4 Å². The van der Waals surface area contributed by atoms with E-state index in [0.29, 0.717) is 6.20 Å². The van der Waals surface area contributed by atoms with Crippen LogP contribution in [0.15, 0.2) is 6.20 Å². The zero-order valence-electron chi connectivity index (χ0n) is 8.18. The van der Waals surface area contributed by atoms with E-state index in [2.05, 4.69) is 9.72 Å². The third kappa shape index (κ3) is 3.27. The summed E-state index contributed by atoms with van der Waals surface area (Å²) in [6.45, 7) is -1.51. The van der Waals surface area contributed by atoms with Crippen LogP contribution in [0.3, 0.4) is 0 Å². The summed E-state index contributed by atoms with van der Waals surface area (Å²) in [5.74, 6) is -2.43. The van der Waals surface area contributed by atoms with Crippen LogP contribution >= 0.6 is 0 Å². The van der Waals surface area contributed by atoms with Gasteiger partial charge in [0.05, 0.1) is 18.1 Å². The number of rotatable bonds is 3. The Morgan fingerprint density at radius 1 is 1.41 bits per heavy atom. The van der Waals surface area contributed by atoms with Crippen molar-refractivity contribution in [1.82, 2.24) is 4.98 Å². The molecule has 0 aliphatic rings. The molecule has 0 N–H and O–H groups in total. The van der Waals surface area contributed by atoms with E-state index >= 15 is 0 Å². The smallest absolute Gasteiger partial charge is 0.405 e. The van der Waals surface area contributed by atoms with Crippen LogP contribution in [-0.2, 0) is 13.1 Å². The molecular weight excluding hydrogens is 247 g/mol. The molecule has 92 valence electrons. The monoisotopic (exact) mass is 252 g/mol. The number of pyridine rings is 1. The minimum Gasteiger partial charge on any atom is -0.405 e. The van der Waals surface area contributed by atoms with Gasteiger partial charge in [-0.15, -0.1) is 13.2 Å². The van der Waals surface area contributed by atoms with Crippen LogP contribution in [0.25, 0.3) is 0 Å². The molecule has 0 fully saturated rings. The molecule has 1 heterocycles. The van der Waals surface area contributed by atoms with Crippen molar-refractivity contribution in [2.45, 2.75) is 19.5 Å². The predicted octanol–water partition coefficient (Wildman–Crippen LogP) is 2.65. The van der Waals surface area contributed by atoms with Crippen LogP contribution in [0, 0.1) is 17.3 Å². The predicted molar refractivity (Wildman–Crippen MR) is 45.0 cm³/mol. The van der Waals surface area contributed by atoms with Gasteiger partial charge in [0.2, 0.25) is 5.95 Å². The summed E-state index contributed by atoms with van der Waals surface area (Å²) in [6, 6.07) is 1.55. The number of hydrogen-bond donors (Lipinski definition) is 0. The maximum Gasteiger partial charge on any atom is 0.573 e. The second-order valence-electron chi connectivity index (χ2n) is 2.90. The lowest BCUT2D eigenvalue weighted by atomic mass is 10.1. The first kappa shape index (κ1) is 13.2. The highest BCUT2D eigenvalue weighted by Crippen LogP contribution is 2.31. The summed E-state index contributed by atoms with van der Waals surface area (Å²) in [7, 11) is 0. The fourth-order valence-corrected chi connectivity index (χ4v) is 1.13. The van der Waals surface area contributed by atoms with E-state index in [9.17, 15) is 22.0 Å². The van der Waals surface area contributed by atoms with Gasteiger partial charge in [-0.25, -0.2) is 9.37 Å². The highest BCUT2D eigenvalue weighted by molar-refractivity contribution is 5.40. The van der Waals surface area contributed by atoms with Crippen molar-refractivity contribution in [2.24, 2.45) is 0 Å². The van der Waals surface area contributed by atoms with E-state index in [0.717, 1.165) is 0 Å². The first-order valence-corrected chi connectivity index (χ1v) is 4.24. The molecule has 0 radical (unpaired) electrons. The highest BCUT2D eigenvalue weighted by Gasteiger charge is 2.34. The molecule has 17 heavy (non-hydrogen) atoms. The average Bonchev–Trinajstić information content (AvgIpc) is 2.21. The molecular formula is C9H5F5N2O. The largest absolute Gasteiger partial charge is 0.573 e. The van der Waals surface area contributed by atoms with E-state index in [1.54, 1.807) is 6.07 Å². The molecule has 0 aliphatic heterocycles. The maximum atomic E-state index is 13.0. The third-order valence-electron chi connectivity index (χ3n) is 1.77. The van der Waals surface area contributed by atoms with Gasteiger partial charge < -0.3 is 4.74 Å². The Hall–Kier alpha value is -1.91. The second-order valence-corrected chi connectivity index (χ2v) is 2.90. The molecule has 1 rings (SSSR count). The van der Waals surface area contributed by atoms with Gasteiger partial charge in [-0.1, -0.05) is 0 Å². The lowest BCUT2D eigenvalue weighted by Crippen LogP contribution is -2.20. The van der Waals surface area contributed by atoms with Crippen LogP contribution in [0.2, 0.25) is 0 Å². The zero-order chi connectivity index (χ0) is 13.1. The lowest BCUT2D eigenvalue weighted by molar-refractivity contribution is -0.275. The number of alkyl halides is 4. The number of nitrogens with zero attached hydrogens (tertiary/aromatic N) is 2. The summed E-state index contributed by atoms with van der Waals surface area (Å²) < 4.78 is 65.0. The molecule has 0 saturated heterocycles. The van der Waals surface area contributed by atoms with E-state index in [1.165, 1.54) is 0 Å². The fourth-order valence-electron chi connectivity index (χ4n) is 1.13. The quantitative estimate of drug-likeness (QED) is 0.613. The maximum absolute atomic E-state index is 13.0. The first-order chi connectivity index (χ1) is 7.89. The second kappa shape index (κ2) is 4.95. The number of ether oxygens (including phenoxy) is 1. The number of nitriles is 1. The minimum absolute atomic E-state index is 0.320. The van der Waals surface area contributed by atoms with Gasteiger partial charge in [0.25, 0.3) is 0 Å². The van der Waals surface area contributed by atoms with E-state index < -0.39 is 36.7 Å². The Morgan fingerprint density at radius 2 is 2.06 bits per heavy atom. The zero-order valence-corrected chi connectivity index (χ0v) is 8.18. The Bertz CT molecular complexity index is 452. The molecule has 0 spiro atoms. The van der Waals surface area contributed by atoms with E-state index in [-0.39, 0.29) is 5.56 Å². The molecule has 8 heteroatoms. The summed E-state index contributed by atoms with van der Waals surface area (Å²) >= 11 is 0. The summed E-state index contributed by atoms with van der Waals surface area (Å²) in [5.41, 5.74) is -1.27. The molecule has 0 unspecified atom stereocenters. The van der Waals surface area contributed by atoms with Crippen molar-refractivity contribution in [1.29, 1.82) is 5.26 Å². The fraction of sp³-hybridized carbons (Fsp3) is 0.333. The van der Waals surface area contributed by atoms with Gasteiger partial charge in [0, 0.05) is 11.8 Å². The van der Waals surface area contributed by atoms with E-state index in [4.69, 9.17) is 5.26 Å². The molecule has 0 atom stereocenters. The van der Waals surface area contributed by atoms with Gasteiger partial charge >= 0.3 is 6.36 Å². The van der Waals surface area contributed by atoms with Crippen LogP contribution in [0.5, 0.6) is 5.75 Å². The summed E-state index contributed by atoms with van der Waals surface area (Å²) in [6.07, 6.45) is -4.88. The molecule has 0 aromatic carbocycles. The highest BCUT2D eigenvalue weighted by atomic mass is 19.4. The standard InChI is InChI=1S/C9H5F5N2O/c10-3-6-7(17-9(12,13)14)5(1-2-15)4-16-8(6)11/h4H,1,3H2. The molecule has 0 aliphatic carbocycles. The van der Waals surface area contributed by atoms with Gasteiger partial charge in [-0.3, -0.25) is 0 Å². The van der Waals surface area contributed by atoms with Crippen molar-refractivity contribution >= 4 is 0 Å². The number of aromatic nitrogens is 1. The Kier molecular flexibility index (Phi) is 3.83. The Morgan fingerprint density at radius 3 is 2.53 bits per heavy atom. The SMILES string of the molecule is N#CCc1cnc(F)c(CF)c1OC(F)(F)F. The first-order valence-electron chi connectivity index (χ1n) is 4.24. The number of halogens is 5. The Balaban J connectivity index is 3.29. The van der Waals surface area contributed by atoms with Crippen LogP contribution in [0.1, 0.15) is 11.1 Å². The van der Waals surface area contributed by atoms with Crippen molar-refractivity contribution in [3.05, 3.63) is 23.3 Å². The minimum atomic E-state index is -5.10. The van der Waals surface area contributed by atoms with Crippen LogP contribution < -0.4 is 4.74 Å². The van der Waals surface area contributed by atoms with Crippen LogP contribution in [0.4, 0.5) is 22.0 Å². The molecule has 0 saturated carbocycles. The molecule has 1 aromatic heterocycles. The normalized spacial score (nSPS) is 11.1. The van der Waals surface area contributed by atoms with E-state index in [1.807, 2.05) is 0 Å². The summed E-state index contributed by atoms with van der Waals surface area (Å²) in [5, 5.41) is 8.37. The molecule has 0 bridgehead atoms. The van der Waals surface area contributed by atoms with Crippen molar-refractivity contribution in [2.75, 3.05) is 0 Å². The molecule has 3 nitrogen and oxygen atoms in total. The summed E-state index contributed by atoms with van der Waals surface area (Å²) in [4.78, 5) is 3.05.